The Morgan fingerprint density at radius 1 is 1.56 bits per heavy atom. The molecule has 2 aromatic rings. The third kappa shape index (κ3) is 1.60. The van der Waals surface area contributed by atoms with Crippen molar-refractivity contribution in [1.82, 2.24) is 9.78 Å². The Kier molecular flexibility index (Phi) is 2.52. The summed E-state index contributed by atoms with van der Waals surface area (Å²) in [5, 5.41) is 13.9. The van der Waals surface area contributed by atoms with Crippen LogP contribution in [0.4, 0.5) is 0 Å². The number of rotatable bonds is 3. The van der Waals surface area contributed by atoms with Crippen molar-refractivity contribution in [2.45, 2.75) is 6.92 Å². The molecule has 0 saturated carbocycles. The number of aryl methyl sites for hydroxylation is 1. The molecule has 0 spiro atoms. The van der Waals surface area contributed by atoms with Gasteiger partial charge in [0.05, 0.1) is 23.1 Å². The molecule has 0 amide bonds. The molecule has 84 valence electrons. The van der Waals surface area contributed by atoms with Crippen molar-refractivity contribution >= 4 is 16.9 Å². The molecular weight excluding hydrogens is 208 g/mol. The van der Waals surface area contributed by atoms with Crippen LogP contribution in [0.15, 0.2) is 18.2 Å². The Labute approximate surface area is 92.2 Å². The van der Waals surface area contributed by atoms with Gasteiger partial charge < -0.3 is 9.84 Å². The summed E-state index contributed by atoms with van der Waals surface area (Å²) in [6.07, 6.45) is 0. The molecular formula is C11H12N2O3. The molecule has 1 N–H and O–H groups in total. The largest absolute Gasteiger partial charge is 0.478 e. The number of nitrogens with zero attached hydrogens (tertiary/aromatic N) is 2. The van der Waals surface area contributed by atoms with Gasteiger partial charge in [-0.2, -0.15) is 5.10 Å². The van der Waals surface area contributed by atoms with Gasteiger partial charge in [-0.05, 0) is 25.1 Å². The van der Waals surface area contributed by atoms with E-state index < -0.39 is 5.97 Å². The van der Waals surface area contributed by atoms with E-state index in [0.717, 1.165) is 10.9 Å². The molecule has 0 aliphatic heterocycles. The van der Waals surface area contributed by atoms with Gasteiger partial charge in [0.15, 0.2) is 0 Å². The van der Waals surface area contributed by atoms with E-state index in [1.54, 1.807) is 23.9 Å². The Morgan fingerprint density at radius 3 is 2.94 bits per heavy atom. The van der Waals surface area contributed by atoms with Crippen LogP contribution >= 0.6 is 0 Å². The quantitative estimate of drug-likeness (QED) is 0.854. The lowest BCUT2D eigenvalue weighted by Crippen LogP contribution is -1.99. The molecule has 0 radical (unpaired) electrons. The first-order valence-electron chi connectivity index (χ1n) is 4.96. The molecule has 0 bridgehead atoms. The monoisotopic (exact) mass is 220 g/mol. The predicted octanol–water partition coefficient (Wildman–Crippen LogP) is 1.67. The van der Waals surface area contributed by atoms with Gasteiger partial charge >= 0.3 is 5.97 Å². The minimum Gasteiger partial charge on any atom is -0.478 e. The van der Waals surface area contributed by atoms with Crippen LogP contribution in [0, 0.1) is 0 Å². The van der Waals surface area contributed by atoms with Gasteiger partial charge in [0.25, 0.3) is 0 Å². The van der Waals surface area contributed by atoms with Crippen molar-refractivity contribution in [3.05, 3.63) is 23.8 Å². The number of ether oxygens (including phenoxy) is 1. The number of hydrogen-bond acceptors (Lipinski definition) is 3. The Bertz CT molecular complexity index is 545. The third-order valence-electron chi connectivity index (χ3n) is 2.31. The van der Waals surface area contributed by atoms with Gasteiger partial charge in [0.2, 0.25) is 5.88 Å². The molecule has 0 aliphatic carbocycles. The number of carbonyl (C=O) groups is 1. The van der Waals surface area contributed by atoms with E-state index in [1.807, 2.05) is 6.92 Å². The van der Waals surface area contributed by atoms with Crippen molar-refractivity contribution in [2.24, 2.45) is 7.05 Å². The topological polar surface area (TPSA) is 64.3 Å². The summed E-state index contributed by atoms with van der Waals surface area (Å²) in [6.45, 7) is 2.39. The van der Waals surface area contributed by atoms with Crippen molar-refractivity contribution in [3.63, 3.8) is 0 Å². The number of carboxylic acids is 1. The lowest BCUT2D eigenvalue weighted by Gasteiger charge is -2.02. The highest BCUT2D eigenvalue weighted by molar-refractivity contribution is 5.95. The fourth-order valence-corrected chi connectivity index (χ4v) is 1.62. The predicted molar refractivity (Wildman–Crippen MR) is 58.8 cm³/mol. The van der Waals surface area contributed by atoms with Gasteiger partial charge in [-0.1, -0.05) is 0 Å². The molecule has 0 unspecified atom stereocenters. The Morgan fingerprint density at radius 2 is 2.31 bits per heavy atom. The van der Waals surface area contributed by atoms with Crippen molar-refractivity contribution in [2.75, 3.05) is 6.61 Å². The molecule has 2 rings (SSSR count). The van der Waals surface area contributed by atoms with Gasteiger partial charge in [-0.3, -0.25) is 0 Å². The fourth-order valence-electron chi connectivity index (χ4n) is 1.62. The van der Waals surface area contributed by atoms with Crippen molar-refractivity contribution in [1.29, 1.82) is 0 Å². The molecule has 1 heterocycles. The lowest BCUT2D eigenvalue weighted by molar-refractivity contribution is 0.0697. The van der Waals surface area contributed by atoms with E-state index in [-0.39, 0.29) is 5.56 Å². The summed E-state index contributed by atoms with van der Waals surface area (Å²) in [6, 6.07) is 4.80. The summed E-state index contributed by atoms with van der Waals surface area (Å²) < 4.78 is 7.04. The Balaban J connectivity index is 2.64. The first kappa shape index (κ1) is 10.5. The highest BCUT2D eigenvalue weighted by Crippen LogP contribution is 2.25. The van der Waals surface area contributed by atoms with Crippen LogP contribution in [-0.4, -0.2) is 27.5 Å². The van der Waals surface area contributed by atoms with E-state index in [0.29, 0.717) is 12.5 Å². The number of fused-ring (bicyclic) bond motifs is 1. The summed E-state index contributed by atoms with van der Waals surface area (Å²) in [5.74, 6) is -0.353. The van der Waals surface area contributed by atoms with Crippen LogP contribution in [0.3, 0.4) is 0 Å². The van der Waals surface area contributed by atoms with Gasteiger partial charge in [-0.25, -0.2) is 9.48 Å². The van der Waals surface area contributed by atoms with E-state index in [1.165, 1.54) is 6.07 Å². The molecule has 1 aromatic carbocycles. The molecule has 0 saturated heterocycles. The van der Waals surface area contributed by atoms with Crippen LogP contribution in [0.2, 0.25) is 0 Å². The summed E-state index contributed by atoms with van der Waals surface area (Å²) >= 11 is 0. The fraction of sp³-hybridized carbons (Fsp3) is 0.273. The minimum absolute atomic E-state index is 0.237. The van der Waals surface area contributed by atoms with Gasteiger partial charge in [-0.15, -0.1) is 0 Å². The number of benzene rings is 1. The first-order chi connectivity index (χ1) is 7.63. The van der Waals surface area contributed by atoms with Crippen LogP contribution in [0.5, 0.6) is 5.88 Å². The molecule has 0 aliphatic rings. The zero-order chi connectivity index (χ0) is 11.7. The Hall–Kier alpha value is -2.04. The van der Waals surface area contributed by atoms with Crippen molar-refractivity contribution in [3.8, 4) is 5.88 Å². The van der Waals surface area contributed by atoms with Crippen LogP contribution in [-0.2, 0) is 7.05 Å². The van der Waals surface area contributed by atoms with E-state index in [4.69, 9.17) is 9.84 Å². The zero-order valence-corrected chi connectivity index (χ0v) is 9.10. The number of aromatic nitrogens is 2. The lowest BCUT2D eigenvalue weighted by atomic mass is 10.1. The van der Waals surface area contributed by atoms with E-state index in [9.17, 15) is 4.79 Å². The van der Waals surface area contributed by atoms with Crippen LogP contribution in [0.1, 0.15) is 17.3 Å². The SMILES string of the molecule is CCOc1c2cc(C(=O)O)ccc2nn1C. The second kappa shape index (κ2) is 3.84. The molecule has 0 atom stereocenters. The standard InChI is InChI=1S/C11H12N2O3/c1-3-16-10-8-6-7(11(14)15)4-5-9(8)12-13(10)2/h4-6H,3H2,1-2H3,(H,14,15). The van der Waals surface area contributed by atoms with Crippen LogP contribution < -0.4 is 4.74 Å². The summed E-state index contributed by atoms with van der Waals surface area (Å²) in [4.78, 5) is 10.9. The maximum atomic E-state index is 10.9. The summed E-state index contributed by atoms with van der Waals surface area (Å²) in [5.41, 5.74) is 0.970. The smallest absolute Gasteiger partial charge is 0.335 e. The molecule has 5 nitrogen and oxygen atoms in total. The molecule has 1 aromatic heterocycles. The second-order valence-electron chi connectivity index (χ2n) is 3.40. The van der Waals surface area contributed by atoms with E-state index in [2.05, 4.69) is 5.10 Å². The number of hydrogen-bond donors (Lipinski definition) is 1. The zero-order valence-electron chi connectivity index (χ0n) is 9.10. The highest BCUT2D eigenvalue weighted by atomic mass is 16.5. The maximum absolute atomic E-state index is 10.9. The van der Waals surface area contributed by atoms with Crippen LogP contribution in [0.25, 0.3) is 10.9 Å². The molecule has 16 heavy (non-hydrogen) atoms. The average molecular weight is 220 g/mol. The minimum atomic E-state index is -0.951. The molecule has 0 fully saturated rings. The average Bonchev–Trinajstić information content (AvgIpc) is 2.55. The van der Waals surface area contributed by atoms with Gasteiger partial charge in [0, 0.05) is 7.05 Å². The first-order valence-corrected chi connectivity index (χ1v) is 4.96. The highest BCUT2D eigenvalue weighted by Gasteiger charge is 2.12. The third-order valence-corrected chi connectivity index (χ3v) is 2.31. The normalized spacial score (nSPS) is 10.6. The molecule has 5 heteroatoms. The second-order valence-corrected chi connectivity index (χ2v) is 3.40. The van der Waals surface area contributed by atoms with Gasteiger partial charge in [0.1, 0.15) is 0 Å². The summed E-state index contributed by atoms with van der Waals surface area (Å²) in [7, 11) is 1.77. The maximum Gasteiger partial charge on any atom is 0.335 e. The van der Waals surface area contributed by atoms with E-state index >= 15 is 0 Å². The van der Waals surface area contributed by atoms with Crippen molar-refractivity contribution < 1.29 is 14.6 Å². The number of carboxylic acid groups (broad SMARTS) is 1. The number of aromatic carboxylic acids is 1.